The van der Waals surface area contributed by atoms with Crippen LogP contribution in [0.5, 0.6) is 11.5 Å². The lowest BCUT2D eigenvalue weighted by atomic mass is 10.2. The van der Waals surface area contributed by atoms with Gasteiger partial charge in [-0.3, -0.25) is 4.79 Å². The Morgan fingerprint density at radius 2 is 1.93 bits per heavy atom. The van der Waals surface area contributed by atoms with E-state index in [0.29, 0.717) is 24.1 Å². The number of rotatable bonds is 6. The quantitative estimate of drug-likeness (QED) is 0.648. The van der Waals surface area contributed by atoms with Crippen molar-refractivity contribution >= 4 is 17.7 Å². The van der Waals surface area contributed by atoms with Crippen molar-refractivity contribution in [2.24, 2.45) is 0 Å². The molecule has 2 aromatic carbocycles. The zero-order valence-corrected chi connectivity index (χ0v) is 15.1. The van der Waals surface area contributed by atoms with Crippen molar-refractivity contribution in [2.45, 2.75) is 11.3 Å². The van der Waals surface area contributed by atoms with Crippen LogP contribution < -0.4 is 14.8 Å². The van der Waals surface area contributed by atoms with Crippen LogP contribution in [-0.4, -0.2) is 51.1 Å². The van der Waals surface area contributed by atoms with Crippen molar-refractivity contribution in [3.63, 3.8) is 0 Å². The number of hydrogen-bond acceptors (Lipinski definition) is 7. The summed E-state index contributed by atoms with van der Waals surface area (Å²) in [7, 11) is 0. The minimum Gasteiger partial charge on any atom is -0.486 e. The number of carbonyl (C=O) groups excluding carboxylic acids is 1. The first-order valence-electron chi connectivity index (χ1n) is 8.41. The Hall–Kier alpha value is -3.07. The van der Waals surface area contributed by atoms with Gasteiger partial charge in [-0.05, 0) is 34.7 Å². The van der Waals surface area contributed by atoms with Crippen molar-refractivity contribution in [3.8, 4) is 17.2 Å². The minimum atomic E-state index is -0.219. The Morgan fingerprint density at radius 1 is 1.15 bits per heavy atom. The van der Waals surface area contributed by atoms with Crippen LogP contribution in [0.1, 0.15) is 0 Å². The molecule has 0 spiro atoms. The molecule has 0 saturated carbocycles. The maximum absolute atomic E-state index is 12.2. The van der Waals surface area contributed by atoms with Gasteiger partial charge in [0.15, 0.2) is 11.5 Å². The number of hydrogen-bond donors (Lipinski definition) is 1. The molecule has 0 bridgehead atoms. The maximum atomic E-state index is 12.2. The summed E-state index contributed by atoms with van der Waals surface area (Å²) in [6.07, 6.45) is -0.219. The molecule has 1 aliphatic heterocycles. The highest BCUT2D eigenvalue weighted by atomic mass is 32.2. The molecule has 1 amide bonds. The van der Waals surface area contributed by atoms with E-state index in [-0.39, 0.29) is 17.8 Å². The molecule has 0 unspecified atom stereocenters. The summed E-state index contributed by atoms with van der Waals surface area (Å²) in [5.41, 5.74) is 0.844. The molecule has 1 N–H and O–H groups in total. The summed E-state index contributed by atoms with van der Waals surface area (Å²) < 4.78 is 13.1. The smallest absolute Gasteiger partial charge is 0.230 e. The van der Waals surface area contributed by atoms with E-state index >= 15 is 0 Å². The number of para-hydroxylation sites is 3. The highest BCUT2D eigenvalue weighted by Crippen LogP contribution is 2.30. The van der Waals surface area contributed by atoms with Crippen LogP contribution in [0.4, 0.5) is 0 Å². The first-order chi connectivity index (χ1) is 13.3. The molecule has 0 saturated heterocycles. The molecule has 1 atom stereocenters. The van der Waals surface area contributed by atoms with Crippen LogP contribution in [0.3, 0.4) is 0 Å². The molecule has 1 aromatic heterocycles. The Labute approximate surface area is 159 Å². The predicted octanol–water partition coefficient (Wildman–Crippen LogP) is 1.71. The highest BCUT2D eigenvalue weighted by Gasteiger charge is 2.21. The second-order valence-corrected chi connectivity index (χ2v) is 6.74. The molecule has 138 valence electrons. The molecule has 9 heteroatoms. The highest BCUT2D eigenvalue weighted by molar-refractivity contribution is 7.99. The molecule has 8 nitrogen and oxygen atoms in total. The lowest BCUT2D eigenvalue weighted by Gasteiger charge is -2.26. The SMILES string of the molecule is O=C(CSc1nnnn1-c1ccccc1)NC[C@@H]1COc2ccccc2O1. The van der Waals surface area contributed by atoms with Gasteiger partial charge in [0, 0.05) is 0 Å². The van der Waals surface area contributed by atoms with E-state index in [1.54, 1.807) is 4.68 Å². The third-order valence-electron chi connectivity index (χ3n) is 3.87. The number of nitrogens with one attached hydrogen (secondary N) is 1. The molecular weight excluding hydrogens is 366 g/mol. The average molecular weight is 383 g/mol. The molecule has 4 rings (SSSR count). The number of amides is 1. The number of tetrazole rings is 1. The van der Waals surface area contributed by atoms with Crippen LogP contribution in [-0.2, 0) is 4.79 Å². The Balaban J connectivity index is 1.27. The largest absolute Gasteiger partial charge is 0.486 e. The van der Waals surface area contributed by atoms with E-state index in [4.69, 9.17) is 9.47 Å². The molecule has 2 heterocycles. The Bertz CT molecular complexity index is 918. The van der Waals surface area contributed by atoms with E-state index in [1.165, 1.54) is 11.8 Å². The number of carbonyl (C=O) groups is 1. The second-order valence-electron chi connectivity index (χ2n) is 5.80. The summed E-state index contributed by atoms with van der Waals surface area (Å²) in [5, 5.41) is 15.1. The fraction of sp³-hybridized carbons (Fsp3) is 0.222. The van der Waals surface area contributed by atoms with Gasteiger partial charge in [0.2, 0.25) is 11.1 Å². The molecular formula is C18H17N5O3S. The van der Waals surface area contributed by atoms with Crippen molar-refractivity contribution in [1.82, 2.24) is 25.5 Å². The van der Waals surface area contributed by atoms with E-state index in [2.05, 4.69) is 20.8 Å². The number of fused-ring (bicyclic) bond motifs is 1. The zero-order chi connectivity index (χ0) is 18.5. The Morgan fingerprint density at radius 3 is 2.78 bits per heavy atom. The summed E-state index contributed by atoms with van der Waals surface area (Å²) in [4.78, 5) is 12.2. The van der Waals surface area contributed by atoms with E-state index < -0.39 is 0 Å². The van der Waals surface area contributed by atoms with Crippen molar-refractivity contribution < 1.29 is 14.3 Å². The molecule has 0 fully saturated rings. The standard InChI is InChI=1S/C18H17N5O3S/c24-17(19-10-14-11-25-15-8-4-5-9-16(15)26-14)12-27-18-20-21-22-23(18)13-6-2-1-3-7-13/h1-9,14H,10-12H2,(H,19,24)/t14-/m1/s1. The van der Waals surface area contributed by atoms with E-state index in [0.717, 1.165) is 11.4 Å². The topological polar surface area (TPSA) is 91.2 Å². The zero-order valence-electron chi connectivity index (χ0n) is 14.3. The van der Waals surface area contributed by atoms with Gasteiger partial charge in [-0.2, -0.15) is 4.68 Å². The number of ether oxygens (including phenoxy) is 2. The fourth-order valence-corrected chi connectivity index (χ4v) is 3.29. The number of benzene rings is 2. The second kappa shape index (κ2) is 8.09. The van der Waals surface area contributed by atoms with Gasteiger partial charge in [0.25, 0.3) is 0 Å². The average Bonchev–Trinajstić information content (AvgIpc) is 3.20. The van der Waals surface area contributed by atoms with E-state index in [9.17, 15) is 4.79 Å². The van der Waals surface area contributed by atoms with Crippen LogP contribution >= 0.6 is 11.8 Å². The molecule has 1 aliphatic rings. The number of nitrogens with zero attached hydrogens (tertiary/aromatic N) is 4. The van der Waals surface area contributed by atoms with Gasteiger partial charge < -0.3 is 14.8 Å². The fourth-order valence-electron chi connectivity index (χ4n) is 2.57. The molecule has 27 heavy (non-hydrogen) atoms. The third kappa shape index (κ3) is 4.20. The maximum Gasteiger partial charge on any atom is 0.230 e. The third-order valence-corrected chi connectivity index (χ3v) is 4.79. The number of aromatic nitrogens is 4. The Kier molecular flexibility index (Phi) is 5.20. The van der Waals surface area contributed by atoms with Gasteiger partial charge in [-0.1, -0.05) is 42.1 Å². The van der Waals surface area contributed by atoms with Gasteiger partial charge in [0.05, 0.1) is 18.0 Å². The van der Waals surface area contributed by atoms with Gasteiger partial charge >= 0.3 is 0 Å². The van der Waals surface area contributed by atoms with Gasteiger partial charge in [-0.25, -0.2) is 0 Å². The van der Waals surface area contributed by atoms with Gasteiger partial charge in [0.1, 0.15) is 12.7 Å². The van der Waals surface area contributed by atoms with Crippen LogP contribution in [0, 0.1) is 0 Å². The normalized spacial score (nSPS) is 15.3. The van der Waals surface area contributed by atoms with Crippen molar-refractivity contribution in [2.75, 3.05) is 18.9 Å². The lowest BCUT2D eigenvalue weighted by Crippen LogP contribution is -2.41. The minimum absolute atomic E-state index is 0.120. The van der Waals surface area contributed by atoms with Gasteiger partial charge in [-0.15, -0.1) is 5.10 Å². The van der Waals surface area contributed by atoms with Crippen LogP contribution in [0.2, 0.25) is 0 Å². The first kappa shape index (κ1) is 17.3. The predicted molar refractivity (Wildman–Crippen MR) is 99.2 cm³/mol. The monoisotopic (exact) mass is 383 g/mol. The summed E-state index contributed by atoms with van der Waals surface area (Å²) in [6.45, 7) is 0.772. The van der Waals surface area contributed by atoms with Crippen molar-refractivity contribution in [1.29, 1.82) is 0 Å². The lowest BCUT2D eigenvalue weighted by molar-refractivity contribution is -0.119. The van der Waals surface area contributed by atoms with Crippen LogP contribution in [0.15, 0.2) is 59.8 Å². The van der Waals surface area contributed by atoms with Crippen molar-refractivity contribution in [3.05, 3.63) is 54.6 Å². The molecule has 0 aliphatic carbocycles. The molecule has 0 radical (unpaired) electrons. The summed E-state index contributed by atoms with van der Waals surface area (Å²) >= 11 is 1.27. The molecule has 3 aromatic rings. The first-order valence-corrected chi connectivity index (χ1v) is 9.40. The summed E-state index contributed by atoms with van der Waals surface area (Å²) in [5.74, 6) is 1.50. The number of thioether (sulfide) groups is 1. The summed E-state index contributed by atoms with van der Waals surface area (Å²) in [6, 6.07) is 17.0. The van der Waals surface area contributed by atoms with Crippen LogP contribution in [0.25, 0.3) is 5.69 Å². The van der Waals surface area contributed by atoms with E-state index in [1.807, 2.05) is 54.6 Å².